The van der Waals surface area contributed by atoms with E-state index in [1.807, 2.05) is 19.9 Å². The minimum absolute atomic E-state index is 0.0689. The number of benzene rings is 1. The fourth-order valence-electron chi connectivity index (χ4n) is 2.46. The largest absolute Gasteiger partial charge is 0.396 e. The first-order chi connectivity index (χ1) is 10.1. The van der Waals surface area contributed by atoms with E-state index in [9.17, 15) is 10.1 Å². The summed E-state index contributed by atoms with van der Waals surface area (Å²) in [5, 5.41) is 21.5. The Balaban J connectivity index is 2.61. The Morgan fingerprint density at radius 1 is 1.38 bits per heavy atom. The minimum Gasteiger partial charge on any atom is -0.396 e. The molecule has 21 heavy (non-hydrogen) atoms. The summed E-state index contributed by atoms with van der Waals surface area (Å²) in [7, 11) is 0. The van der Waals surface area contributed by atoms with Gasteiger partial charge in [0.25, 0.3) is 5.69 Å². The third-order valence-corrected chi connectivity index (χ3v) is 3.50. The Hall–Kier alpha value is -2.21. The minimum atomic E-state index is -0.382. The molecule has 1 aromatic heterocycles. The Labute approximate surface area is 123 Å². The van der Waals surface area contributed by atoms with Gasteiger partial charge in [-0.05, 0) is 32.4 Å². The average molecular weight is 289 g/mol. The van der Waals surface area contributed by atoms with Gasteiger partial charge < -0.3 is 10.0 Å². The van der Waals surface area contributed by atoms with E-state index in [4.69, 9.17) is 5.11 Å². The molecule has 1 heterocycles. The van der Waals surface area contributed by atoms with Crippen molar-refractivity contribution in [1.82, 2.24) is 4.98 Å². The van der Waals surface area contributed by atoms with E-state index in [0.29, 0.717) is 18.4 Å². The number of aryl methyl sites for hydroxylation is 1. The van der Waals surface area contributed by atoms with Crippen molar-refractivity contribution < 1.29 is 10.0 Å². The highest BCUT2D eigenvalue weighted by molar-refractivity contribution is 5.99. The number of hydrogen-bond acceptors (Lipinski definition) is 5. The molecule has 0 aliphatic rings. The van der Waals surface area contributed by atoms with Gasteiger partial charge >= 0.3 is 0 Å². The number of non-ortho nitro benzene ring substituents is 1. The predicted molar refractivity (Wildman–Crippen MR) is 82.7 cm³/mol. The molecule has 0 radical (unpaired) electrons. The Kier molecular flexibility index (Phi) is 4.70. The normalized spacial score (nSPS) is 10.8. The van der Waals surface area contributed by atoms with Gasteiger partial charge in [0.15, 0.2) is 0 Å². The van der Waals surface area contributed by atoms with E-state index < -0.39 is 0 Å². The summed E-state index contributed by atoms with van der Waals surface area (Å²) in [5.74, 6) is 0. The maximum Gasteiger partial charge on any atom is 0.278 e. The van der Waals surface area contributed by atoms with Crippen LogP contribution in [0, 0.1) is 17.0 Å². The first-order valence-electron chi connectivity index (χ1n) is 6.98. The van der Waals surface area contributed by atoms with Gasteiger partial charge in [0, 0.05) is 48.7 Å². The summed E-state index contributed by atoms with van der Waals surface area (Å²) < 4.78 is 0. The van der Waals surface area contributed by atoms with Crippen LogP contribution in [0.25, 0.3) is 10.8 Å². The number of pyridine rings is 1. The van der Waals surface area contributed by atoms with Crippen molar-refractivity contribution in [3.63, 3.8) is 0 Å². The first-order valence-corrected chi connectivity index (χ1v) is 6.98. The van der Waals surface area contributed by atoms with Crippen LogP contribution in [0.2, 0.25) is 0 Å². The van der Waals surface area contributed by atoms with Gasteiger partial charge in [-0.25, -0.2) is 0 Å². The zero-order valence-corrected chi connectivity index (χ0v) is 12.2. The third-order valence-electron chi connectivity index (χ3n) is 3.50. The lowest BCUT2D eigenvalue weighted by Crippen LogP contribution is -2.24. The number of anilines is 1. The molecule has 0 fully saturated rings. The van der Waals surface area contributed by atoms with Crippen LogP contribution >= 0.6 is 0 Å². The summed E-state index contributed by atoms with van der Waals surface area (Å²) in [5.41, 5.74) is 1.83. The van der Waals surface area contributed by atoms with Crippen LogP contribution in [0.15, 0.2) is 24.4 Å². The molecule has 112 valence electrons. The smallest absolute Gasteiger partial charge is 0.278 e. The van der Waals surface area contributed by atoms with Crippen LogP contribution in [0.3, 0.4) is 0 Å². The van der Waals surface area contributed by atoms with Crippen LogP contribution in [0.4, 0.5) is 11.4 Å². The zero-order valence-electron chi connectivity index (χ0n) is 12.2. The van der Waals surface area contributed by atoms with Crippen LogP contribution in [0.1, 0.15) is 19.0 Å². The average Bonchev–Trinajstić information content (AvgIpc) is 2.47. The van der Waals surface area contributed by atoms with Crippen LogP contribution < -0.4 is 4.90 Å². The molecule has 1 aromatic carbocycles. The monoisotopic (exact) mass is 289 g/mol. The van der Waals surface area contributed by atoms with Gasteiger partial charge in [-0.3, -0.25) is 15.1 Å². The molecule has 0 amide bonds. The van der Waals surface area contributed by atoms with Crippen molar-refractivity contribution in [2.24, 2.45) is 0 Å². The van der Waals surface area contributed by atoms with Crippen LogP contribution in [-0.2, 0) is 0 Å². The van der Waals surface area contributed by atoms with E-state index >= 15 is 0 Å². The van der Waals surface area contributed by atoms with Crippen molar-refractivity contribution in [2.45, 2.75) is 20.3 Å². The first kappa shape index (κ1) is 15.2. The van der Waals surface area contributed by atoms with Gasteiger partial charge in [-0.2, -0.15) is 0 Å². The molecule has 6 heteroatoms. The molecular weight excluding hydrogens is 270 g/mol. The topological polar surface area (TPSA) is 79.5 Å². The van der Waals surface area contributed by atoms with E-state index in [-0.39, 0.29) is 17.2 Å². The van der Waals surface area contributed by atoms with Gasteiger partial charge in [0.1, 0.15) is 0 Å². The predicted octanol–water partition coefficient (Wildman–Crippen LogP) is 2.66. The van der Waals surface area contributed by atoms with Gasteiger partial charge in [-0.15, -0.1) is 0 Å². The highest BCUT2D eigenvalue weighted by Gasteiger charge is 2.17. The number of hydrogen-bond donors (Lipinski definition) is 1. The number of aromatic nitrogens is 1. The molecular formula is C15H19N3O3. The molecule has 0 saturated carbocycles. The number of nitrogens with zero attached hydrogens (tertiary/aromatic N) is 3. The fraction of sp³-hybridized carbons (Fsp3) is 0.400. The maximum absolute atomic E-state index is 11.2. The molecule has 6 nitrogen and oxygen atoms in total. The second-order valence-electron chi connectivity index (χ2n) is 4.89. The Morgan fingerprint density at radius 2 is 2.14 bits per heavy atom. The second-order valence-corrected chi connectivity index (χ2v) is 4.89. The maximum atomic E-state index is 11.2. The van der Waals surface area contributed by atoms with Crippen molar-refractivity contribution in [2.75, 3.05) is 24.6 Å². The highest BCUT2D eigenvalue weighted by atomic mass is 16.6. The Bertz CT molecular complexity index is 658. The van der Waals surface area contributed by atoms with Gasteiger partial charge in [0.05, 0.1) is 10.3 Å². The lowest BCUT2D eigenvalue weighted by atomic mass is 10.1. The van der Waals surface area contributed by atoms with E-state index in [1.165, 1.54) is 6.07 Å². The molecule has 2 rings (SSSR count). The second kappa shape index (κ2) is 6.49. The molecule has 2 aromatic rings. The number of rotatable bonds is 6. The number of nitro benzene ring substituents is 1. The summed E-state index contributed by atoms with van der Waals surface area (Å²) in [6.07, 6.45) is 2.22. The van der Waals surface area contributed by atoms with E-state index in [0.717, 1.165) is 23.3 Å². The molecule has 1 N–H and O–H groups in total. The quantitative estimate of drug-likeness (QED) is 0.653. The number of nitro groups is 1. The summed E-state index contributed by atoms with van der Waals surface area (Å²) >= 11 is 0. The zero-order chi connectivity index (χ0) is 15.4. The summed E-state index contributed by atoms with van der Waals surface area (Å²) in [6, 6.07) is 5.18. The summed E-state index contributed by atoms with van der Waals surface area (Å²) in [6.45, 7) is 5.50. The number of fused-ring (bicyclic) bond motifs is 1. The van der Waals surface area contributed by atoms with Gasteiger partial charge in [0.2, 0.25) is 0 Å². The van der Waals surface area contributed by atoms with Crippen LogP contribution in [-0.4, -0.2) is 34.7 Å². The molecule has 0 bridgehead atoms. The van der Waals surface area contributed by atoms with E-state index in [2.05, 4.69) is 9.88 Å². The lowest BCUT2D eigenvalue weighted by Gasteiger charge is -2.24. The molecule has 0 aliphatic heterocycles. The molecule has 0 aliphatic carbocycles. The molecule has 0 unspecified atom stereocenters. The molecule has 0 spiro atoms. The molecule has 0 atom stereocenters. The molecule has 0 saturated heterocycles. The third kappa shape index (κ3) is 3.11. The SMILES string of the molecule is CCN(CCCO)c1ccc([N+](=O)[O-])c2cnc(C)cc12. The van der Waals surface area contributed by atoms with Gasteiger partial charge in [-0.1, -0.05) is 0 Å². The van der Waals surface area contributed by atoms with Crippen molar-refractivity contribution in [3.8, 4) is 0 Å². The Morgan fingerprint density at radius 3 is 2.76 bits per heavy atom. The standard InChI is InChI=1S/C15H19N3O3/c1-3-17(7-4-8-19)14-5-6-15(18(20)21)13-10-16-11(2)9-12(13)14/h5-6,9-10,19H,3-4,7-8H2,1-2H3. The fourth-order valence-corrected chi connectivity index (χ4v) is 2.46. The van der Waals surface area contributed by atoms with Crippen molar-refractivity contribution >= 4 is 22.1 Å². The van der Waals surface area contributed by atoms with Crippen LogP contribution in [0.5, 0.6) is 0 Å². The summed E-state index contributed by atoms with van der Waals surface area (Å²) in [4.78, 5) is 17.1. The van der Waals surface area contributed by atoms with Crippen molar-refractivity contribution in [1.29, 1.82) is 0 Å². The highest BCUT2D eigenvalue weighted by Crippen LogP contribution is 2.33. The number of aliphatic hydroxyl groups excluding tert-OH is 1. The van der Waals surface area contributed by atoms with E-state index in [1.54, 1.807) is 12.3 Å². The lowest BCUT2D eigenvalue weighted by molar-refractivity contribution is -0.383. The van der Waals surface area contributed by atoms with Crippen molar-refractivity contribution in [3.05, 3.63) is 40.2 Å². The number of aliphatic hydroxyl groups is 1.